The first-order chi connectivity index (χ1) is 8.13. The monoisotopic (exact) mass is 239 g/mol. The highest BCUT2D eigenvalue weighted by molar-refractivity contribution is 5.98. The summed E-state index contributed by atoms with van der Waals surface area (Å²) >= 11 is 0. The molecule has 0 aliphatic carbocycles. The van der Waals surface area contributed by atoms with Crippen molar-refractivity contribution in [1.29, 1.82) is 0 Å². The summed E-state index contributed by atoms with van der Waals surface area (Å²) in [6.07, 6.45) is 0. The second-order valence-corrected chi connectivity index (χ2v) is 4.02. The van der Waals surface area contributed by atoms with Crippen LogP contribution in [0.4, 0.5) is 4.39 Å². The Bertz CT molecular complexity index is 436. The van der Waals surface area contributed by atoms with Crippen molar-refractivity contribution < 1.29 is 18.7 Å². The molecular weight excluding hydrogens is 225 g/mol. The zero-order valence-corrected chi connectivity index (χ0v) is 9.48. The van der Waals surface area contributed by atoms with Crippen LogP contribution in [-0.4, -0.2) is 32.1 Å². The van der Waals surface area contributed by atoms with Crippen molar-refractivity contribution in [3.63, 3.8) is 0 Å². The fourth-order valence-corrected chi connectivity index (χ4v) is 1.86. The molecule has 0 aromatic heterocycles. The van der Waals surface area contributed by atoms with Gasteiger partial charge in [-0.2, -0.15) is 0 Å². The second kappa shape index (κ2) is 4.81. The van der Waals surface area contributed by atoms with Crippen LogP contribution < -0.4 is 10.5 Å². The van der Waals surface area contributed by atoms with Gasteiger partial charge in [-0.05, 0) is 12.1 Å². The van der Waals surface area contributed by atoms with Crippen molar-refractivity contribution in [1.82, 2.24) is 0 Å². The van der Waals surface area contributed by atoms with E-state index in [1.807, 2.05) is 0 Å². The second-order valence-electron chi connectivity index (χ2n) is 4.02. The van der Waals surface area contributed by atoms with Crippen LogP contribution in [0.15, 0.2) is 18.2 Å². The standard InChI is InChI=1S/C12H14FNO3/c1-16-7-2-3-8(10(13)4-7)12(15)9-5-17-6-11(9)14/h2-4,9,11H,5-6,14H2,1H3. The SMILES string of the molecule is COc1ccc(C(=O)C2COCC2N)c(F)c1. The molecule has 0 bridgehead atoms. The number of benzene rings is 1. The molecule has 0 spiro atoms. The number of halogens is 1. The zero-order chi connectivity index (χ0) is 12.4. The van der Waals surface area contributed by atoms with E-state index in [1.54, 1.807) is 6.07 Å². The van der Waals surface area contributed by atoms with Gasteiger partial charge in [0.05, 0.1) is 31.8 Å². The van der Waals surface area contributed by atoms with Crippen LogP contribution in [0.25, 0.3) is 0 Å². The van der Waals surface area contributed by atoms with Gasteiger partial charge in [0.1, 0.15) is 11.6 Å². The molecule has 1 saturated heterocycles. The molecule has 1 aliphatic heterocycles. The van der Waals surface area contributed by atoms with Gasteiger partial charge in [-0.3, -0.25) is 4.79 Å². The van der Waals surface area contributed by atoms with Gasteiger partial charge in [0.2, 0.25) is 0 Å². The van der Waals surface area contributed by atoms with Gasteiger partial charge >= 0.3 is 0 Å². The number of hydrogen-bond donors (Lipinski definition) is 1. The van der Waals surface area contributed by atoms with Crippen LogP contribution >= 0.6 is 0 Å². The molecule has 2 rings (SSSR count). The maximum Gasteiger partial charge on any atom is 0.172 e. The minimum absolute atomic E-state index is 0.0387. The van der Waals surface area contributed by atoms with Crippen LogP contribution in [0, 0.1) is 11.7 Å². The fraction of sp³-hybridized carbons (Fsp3) is 0.417. The molecule has 1 aromatic rings. The molecule has 1 heterocycles. The van der Waals surface area contributed by atoms with E-state index in [-0.39, 0.29) is 24.0 Å². The average Bonchev–Trinajstić information content (AvgIpc) is 2.74. The van der Waals surface area contributed by atoms with Crippen LogP contribution in [0.1, 0.15) is 10.4 Å². The van der Waals surface area contributed by atoms with E-state index in [2.05, 4.69) is 0 Å². The lowest BCUT2D eigenvalue weighted by atomic mass is 9.93. The summed E-state index contributed by atoms with van der Waals surface area (Å²) in [6.45, 7) is 0.597. The topological polar surface area (TPSA) is 61.5 Å². The zero-order valence-electron chi connectivity index (χ0n) is 9.48. The van der Waals surface area contributed by atoms with Gasteiger partial charge < -0.3 is 15.2 Å². The summed E-state index contributed by atoms with van der Waals surface area (Å²) in [7, 11) is 1.44. The maximum atomic E-state index is 13.7. The number of rotatable bonds is 3. The van der Waals surface area contributed by atoms with Crippen molar-refractivity contribution in [2.24, 2.45) is 11.7 Å². The van der Waals surface area contributed by atoms with Crippen LogP contribution in [0.5, 0.6) is 5.75 Å². The van der Waals surface area contributed by atoms with Crippen LogP contribution in [-0.2, 0) is 4.74 Å². The molecule has 17 heavy (non-hydrogen) atoms. The van der Waals surface area contributed by atoms with Gasteiger partial charge in [-0.25, -0.2) is 4.39 Å². The predicted octanol–water partition coefficient (Wildman–Crippen LogP) is 0.991. The lowest BCUT2D eigenvalue weighted by Crippen LogP contribution is -2.34. The van der Waals surface area contributed by atoms with Gasteiger partial charge in [-0.1, -0.05) is 0 Å². The van der Waals surface area contributed by atoms with E-state index in [0.717, 1.165) is 0 Å². The van der Waals surface area contributed by atoms with Crippen molar-refractivity contribution in [3.05, 3.63) is 29.6 Å². The van der Waals surface area contributed by atoms with Gasteiger partial charge in [-0.15, -0.1) is 0 Å². The largest absolute Gasteiger partial charge is 0.497 e. The normalized spacial score (nSPS) is 23.7. The van der Waals surface area contributed by atoms with E-state index in [1.165, 1.54) is 19.2 Å². The molecule has 5 heteroatoms. The Morgan fingerprint density at radius 2 is 2.29 bits per heavy atom. The number of carbonyl (C=O) groups excluding carboxylic acids is 1. The molecule has 1 aliphatic rings. The summed E-state index contributed by atoms with van der Waals surface area (Å²) in [4.78, 5) is 12.0. The fourth-order valence-electron chi connectivity index (χ4n) is 1.86. The van der Waals surface area contributed by atoms with Crippen molar-refractivity contribution >= 4 is 5.78 Å². The number of carbonyl (C=O) groups is 1. The van der Waals surface area contributed by atoms with Gasteiger partial charge in [0.15, 0.2) is 5.78 Å². The maximum absolute atomic E-state index is 13.7. The van der Waals surface area contributed by atoms with E-state index in [0.29, 0.717) is 12.4 Å². The summed E-state index contributed by atoms with van der Waals surface area (Å²) < 4.78 is 23.7. The Morgan fingerprint density at radius 3 is 2.82 bits per heavy atom. The van der Waals surface area contributed by atoms with Crippen molar-refractivity contribution in [3.8, 4) is 5.75 Å². The third-order valence-corrected chi connectivity index (χ3v) is 2.90. The molecule has 1 aromatic carbocycles. The molecule has 2 atom stereocenters. The summed E-state index contributed by atoms with van der Waals surface area (Å²) in [5.74, 6) is -0.979. The molecule has 2 N–H and O–H groups in total. The number of ketones is 1. The highest BCUT2D eigenvalue weighted by Crippen LogP contribution is 2.22. The van der Waals surface area contributed by atoms with Crippen LogP contribution in [0.3, 0.4) is 0 Å². The molecular formula is C12H14FNO3. The average molecular weight is 239 g/mol. The highest BCUT2D eigenvalue weighted by Gasteiger charge is 2.33. The number of methoxy groups -OCH3 is 1. The smallest absolute Gasteiger partial charge is 0.172 e. The Hall–Kier alpha value is -1.46. The Balaban J connectivity index is 2.25. The molecule has 0 saturated carbocycles. The Labute approximate surface area is 98.5 Å². The minimum atomic E-state index is -0.589. The third kappa shape index (κ3) is 2.30. The Morgan fingerprint density at radius 1 is 1.53 bits per heavy atom. The summed E-state index contributed by atoms with van der Waals surface area (Å²) in [5.41, 5.74) is 5.77. The van der Waals surface area contributed by atoms with E-state index >= 15 is 0 Å². The summed E-state index contributed by atoms with van der Waals surface area (Å²) in [5, 5.41) is 0. The summed E-state index contributed by atoms with van der Waals surface area (Å²) in [6, 6.07) is 3.80. The molecule has 2 unspecified atom stereocenters. The number of ether oxygens (including phenoxy) is 2. The first kappa shape index (κ1) is 12.0. The van der Waals surface area contributed by atoms with Gasteiger partial charge in [0, 0.05) is 12.1 Å². The predicted molar refractivity (Wildman–Crippen MR) is 59.6 cm³/mol. The highest BCUT2D eigenvalue weighted by atomic mass is 19.1. The lowest BCUT2D eigenvalue weighted by molar-refractivity contribution is 0.0892. The van der Waals surface area contributed by atoms with Crippen LogP contribution in [0.2, 0.25) is 0 Å². The van der Waals surface area contributed by atoms with Crippen molar-refractivity contribution in [2.45, 2.75) is 6.04 Å². The van der Waals surface area contributed by atoms with E-state index < -0.39 is 11.7 Å². The first-order valence-electron chi connectivity index (χ1n) is 5.34. The number of nitrogens with two attached hydrogens (primary N) is 1. The van der Waals surface area contributed by atoms with E-state index in [4.69, 9.17) is 15.2 Å². The lowest BCUT2D eigenvalue weighted by Gasteiger charge is -2.12. The Kier molecular flexibility index (Phi) is 3.40. The van der Waals surface area contributed by atoms with Crippen molar-refractivity contribution in [2.75, 3.05) is 20.3 Å². The molecule has 0 radical (unpaired) electrons. The minimum Gasteiger partial charge on any atom is -0.497 e. The number of Topliss-reactive ketones (excluding diaryl/α,β-unsaturated/α-hetero) is 1. The van der Waals surface area contributed by atoms with Gasteiger partial charge in [0.25, 0.3) is 0 Å². The third-order valence-electron chi connectivity index (χ3n) is 2.90. The first-order valence-corrected chi connectivity index (χ1v) is 5.34. The molecule has 4 nitrogen and oxygen atoms in total. The molecule has 92 valence electrons. The number of hydrogen-bond acceptors (Lipinski definition) is 4. The molecule has 1 fully saturated rings. The molecule has 0 amide bonds. The van der Waals surface area contributed by atoms with E-state index in [9.17, 15) is 9.18 Å². The quantitative estimate of drug-likeness (QED) is 0.799.